The molecule has 4 rings (SSSR count). The van der Waals surface area contributed by atoms with E-state index in [2.05, 4.69) is 67.5 Å². The molecular formula is C38H56N2O4S3. The number of aliphatic carboxylic acids is 1. The Morgan fingerprint density at radius 3 is 2.19 bits per heavy atom. The van der Waals surface area contributed by atoms with E-state index < -0.39 is 12.0 Å². The number of thioether (sulfide) groups is 1. The molecule has 47 heavy (non-hydrogen) atoms. The number of thiol groups is 2. The zero-order valence-electron chi connectivity index (χ0n) is 29.1. The van der Waals surface area contributed by atoms with Crippen molar-refractivity contribution < 1.29 is 19.4 Å². The van der Waals surface area contributed by atoms with Crippen LogP contribution in [0.2, 0.25) is 0 Å². The molecule has 1 fully saturated rings. The lowest BCUT2D eigenvalue weighted by Crippen LogP contribution is -2.41. The summed E-state index contributed by atoms with van der Waals surface area (Å²) in [5, 5.41) is 12.3. The minimum atomic E-state index is -1.01. The Bertz CT molecular complexity index is 1290. The van der Waals surface area contributed by atoms with Crippen LogP contribution in [-0.4, -0.2) is 72.0 Å². The number of methoxy groups -OCH3 is 1. The van der Waals surface area contributed by atoms with Crippen molar-refractivity contribution in [2.24, 2.45) is 0 Å². The van der Waals surface area contributed by atoms with Crippen molar-refractivity contribution in [2.75, 3.05) is 38.0 Å². The molecule has 0 bridgehead atoms. The van der Waals surface area contributed by atoms with Crippen molar-refractivity contribution in [3.8, 4) is 11.1 Å². The van der Waals surface area contributed by atoms with Crippen molar-refractivity contribution in [3.63, 3.8) is 0 Å². The maximum absolute atomic E-state index is 13.2. The van der Waals surface area contributed by atoms with Crippen LogP contribution in [0.5, 0.6) is 0 Å². The van der Waals surface area contributed by atoms with Gasteiger partial charge in [-0.3, -0.25) is 9.69 Å². The Balaban J connectivity index is 0.000000657. The summed E-state index contributed by atoms with van der Waals surface area (Å²) in [5.41, 5.74) is 5.79. The van der Waals surface area contributed by atoms with Crippen LogP contribution in [0.1, 0.15) is 73.5 Å². The Kier molecular flexibility index (Phi) is 23.2. The van der Waals surface area contributed by atoms with Gasteiger partial charge in [0.25, 0.3) is 5.91 Å². The van der Waals surface area contributed by atoms with E-state index >= 15 is 0 Å². The van der Waals surface area contributed by atoms with E-state index in [1.807, 2.05) is 74.7 Å². The normalized spacial score (nSPS) is 14.3. The molecule has 1 amide bonds. The molecule has 2 atom stereocenters. The van der Waals surface area contributed by atoms with E-state index in [-0.39, 0.29) is 5.91 Å². The van der Waals surface area contributed by atoms with Crippen LogP contribution in [0.3, 0.4) is 0 Å². The molecule has 2 N–H and O–H groups in total. The van der Waals surface area contributed by atoms with Crippen LogP contribution in [-0.2, 0) is 21.8 Å². The molecule has 1 aliphatic rings. The predicted molar refractivity (Wildman–Crippen MR) is 208 cm³/mol. The SMILES string of the molecule is CCC.CCS.COCC1CCCN1Cc1ccc(C(=O)NC(CCSC)C(=O)O)c(-c2ccccc2C)c1.SCc1ccccc1. The molecule has 3 aromatic carbocycles. The first-order valence-electron chi connectivity index (χ1n) is 16.4. The number of ether oxygens (including phenoxy) is 1. The molecule has 0 spiro atoms. The highest BCUT2D eigenvalue weighted by Crippen LogP contribution is 2.30. The molecule has 0 saturated carbocycles. The molecule has 6 nitrogen and oxygen atoms in total. The number of aryl methyl sites for hydroxylation is 1. The number of carbonyl (C=O) groups is 2. The standard InChI is InChI=1S/C26H34N2O4S.C7H8S.C3H8.C2H6S/c1-18-7-4-5-9-21(18)23-15-19(16-28-13-6-8-20(28)17-32-2)10-11-22(23)25(29)27-24(26(30)31)12-14-33-3;8-6-7-4-2-1-3-5-7;1-3-2;1-2-3/h4-5,7,9-11,15,20,24H,6,8,12-14,16-17H2,1-3H3,(H,27,29)(H,30,31);1-5,8H,6H2;3H2,1-2H3;3H,2H2,1H3. The monoisotopic (exact) mass is 700 g/mol. The molecule has 1 saturated heterocycles. The number of carboxylic acid groups (broad SMARTS) is 1. The summed E-state index contributed by atoms with van der Waals surface area (Å²) in [6, 6.07) is 23.5. The van der Waals surface area contributed by atoms with Crippen LogP contribution in [0, 0.1) is 6.92 Å². The molecule has 1 aliphatic heterocycles. The van der Waals surface area contributed by atoms with Crippen LogP contribution >= 0.6 is 37.0 Å². The summed E-state index contributed by atoms with van der Waals surface area (Å²) in [6.07, 6.45) is 5.85. The Hall–Kier alpha value is -2.43. The second-order valence-corrected chi connectivity index (χ2v) is 13.2. The lowest BCUT2D eigenvalue weighted by atomic mass is 9.93. The van der Waals surface area contributed by atoms with Crippen LogP contribution < -0.4 is 5.32 Å². The number of likely N-dealkylation sites (tertiary alicyclic amines) is 1. The average Bonchev–Trinajstić information content (AvgIpc) is 3.50. The summed E-state index contributed by atoms with van der Waals surface area (Å²) in [7, 11) is 1.74. The highest BCUT2D eigenvalue weighted by Gasteiger charge is 2.26. The number of benzene rings is 3. The van der Waals surface area contributed by atoms with Gasteiger partial charge in [0.15, 0.2) is 0 Å². The number of nitrogens with zero attached hydrogens (tertiary/aromatic N) is 1. The molecule has 9 heteroatoms. The largest absolute Gasteiger partial charge is 0.480 e. The van der Waals surface area contributed by atoms with E-state index in [1.165, 1.54) is 12.0 Å². The Morgan fingerprint density at radius 1 is 1.00 bits per heavy atom. The summed E-state index contributed by atoms with van der Waals surface area (Å²) in [6.45, 7) is 10.8. The fourth-order valence-electron chi connectivity index (χ4n) is 5.02. The van der Waals surface area contributed by atoms with Crippen LogP contribution in [0.15, 0.2) is 72.8 Å². The fraction of sp³-hybridized carbons (Fsp3) is 0.474. The summed E-state index contributed by atoms with van der Waals surface area (Å²) in [4.78, 5) is 27.3. The van der Waals surface area contributed by atoms with Gasteiger partial charge in [0.1, 0.15) is 6.04 Å². The summed E-state index contributed by atoms with van der Waals surface area (Å²) < 4.78 is 5.39. The van der Waals surface area contributed by atoms with E-state index in [9.17, 15) is 14.7 Å². The smallest absolute Gasteiger partial charge is 0.326 e. The van der Waals surface area contributed by atoms with E-state index in [0.717, 1.165) is 66.3 Å². The van der Waals surface area contributed by atoms with Gasteiger partial charge in [0.05, 0.1) is 6.61 Å². The van der Waals surface area contributed by atoms with Gasteiger partial charge in [-0.1, -0.05) is 87.9 Å². The number of hydrogen-bond donors (Lipinski definition) is 4. The first kappa shape index (κ1) is 42.6. The zero-order chi connectivity index (χ0) is 35.0. The second kappa shape index (κ2) is 25.6. The zero-order valence-corrected chi connectivity index (χ0v) is 31.7. The minimum absolute atomic E-state index is 0.355. The summed E-state index contributed by atoms with van der Waals surface area (Å²) in [5.74, 6) is 1.08. The summed E-state index contributed by atoms with van der Waals surface area (Å²) >= 11 is 9.46. The topological polar surface area (TPSA) is 78.9 Å². The van der Waals surface area contributed by atoms with E-state index in [0.29, 0.717) is 23.8 Å². The predicted octanol–water partition coefficient (Wildman–Crippen LogP) is 8.68. The number of amides is 1. The van der Waals surface area contributed by atoms with Gasteiger partial charge in [0, 0.05) is 31.0 Å². The highest BCUT2D eigenvalue weighted by molar-refractivity contribution is 7.98. The van der Waals surface area contributed by atoms with Gasteiger partial charge in [-0.2, -0.15) is 37.0 Å². The maximum Gasteiger partial charge on any atom is 0.326 e. The number of rotatable bonds is 12. The van der Waals surface area contributed by atoms with Crippen molar-refractivity contribution in [3.05, 3.63) is 95.1 Å². The number of nitrogens with one attached hydrogen (secondary N) is 1. The molecular weight excluding hydrogens is 645 g/mol. The lowest BCUT2D eigenvalue weighted by Gasteiger charge is -2.24. The Morgan fingerprint density at radius 2 is 1.64 bits per heavy atom. The molecule has 0 radical (unpaired) electrons. The minimum Gasteiger partial charge on any atom is -0.480 e. The van der Waals surface area contributed by atoms with Gasteiger partial charge in [-0.15, -0.1) is 0 Å². The molecule has 260 valence electrons. The van der Waals surface area contributed by atoms with Gasteiger partial charge in [-0.05, 0) is 90.4 Å². The molecule has 0 aliphatic carbocycles. The third-order valence-corrected chi connectivity index (χ3v) is 8.26. The maximum atomic E-state index is 13.2. The van der Waals surface area contributed by atoms with Crippen molar-refractivity contribution in [1.82, 2.24) is 10.2 Å². The average molecular weight is 701 g/mol. The van der Waals surface area contributed by atoms with Gasteiger partial charge in [0.2, 0.25) is 0 Å². The van der Waals surface area contributed by atoms with E-state index in [1.54, 1.807) is 18.9 Å². The molecule has 0 aromatic heterocycles. The first-order valence-corrected chi connectivity index (χ1v) is 19.1. The van der Waals surface area contributed by atoms with Crippen molar-refractivity contribution >= 4 is 48.9 Å². The first-order chi connectivity index (χ1) is 22.7. The van der Waals surface area contributed by atoms with E-state index in [4.69, 9.17) is 4.74 Å². The third-order valence-electron chi connectivity index (χ3n) is 7.25. The van der Waals surface area contributed by atoms with Crippen LogP contribution in [0.4, 0.5) is 0 Å². The molecule has 3 aromatic rings. The molecule has 2 unspecified atom stereocenters. The van der Waals surface area contributed by atoms with Crippen molar-refractivity contribution in [1.29, 1.82) is 0 Å². The third kappa shape index (κ3) is 16.0. The van der Waals surface area contributed by atoms with Gasteiger partial charge in [-0.25, -0.2) is 4.79 Å². The quantitative estimate of drug-likeness (QED) is 0.142. The van der Waals surface area contributed by atoms with Gasteiger partial charge >= 0.3 is 5.97 Å². The number of carboxylic acids is 1. The fourth-order valence-corrected chi connectivity index (χ4v) is 5.70. The second-order valence-electron chi connectivity index (χ2n) is 11.2. The lowest BCUT2D eigenvalue weighted by molar-refractivity contribution is -0.139. The number of carbonyl (C=O) groups excluding carboxylic acids is 1. The highest BCUT2D eigenvalue weighted by atomic mass is 32.2. The van der Waals surface area contributed by atoms with Gasteiger partial charge < -0.3 is 15.2 Å². The van der Waals surface area contributed by atoms with Crippen molar-refractivity contribution in [2.45, 2.75) is 77.8 Å². The van der Waals surface area contributed by atoms with Crippen LogP contribution in [0.25, 0.3) is 11.1 Å². The number of hydrogen-bond acceptors (Lipinski definition) is 7. The molecule has 1 heterocycles. The Labute approximate surface area is 299 Å².